The fourth-order valence-corrected chi connectivity index (χ4v) is 4.88. The molecule has 160 valence electrons. The molecule has 0 radical (unpaired) electrons. The lowest BCUT2D eigenvalue weighted by molar-refractivity contribution is -0.141. The Morgan fingerprint density at radius 1 is 0.968 bits per heavy atom. The summed E-state index contributed by atoms with van der Waals surface area (Å²) in [6, 6.07) is 15.4. The molecule has 0 spiro atoms. The zero-order chi connectivity index (χ0) is 21.5. The van der Waals surface area contributed by atoms with E-state index in [2.05, 4.69) is 10.2 Å². The van der Waals surface area contributed by atoms with Gasteiger partial charge in [0.2, 0.25) is 0 Å². The summed E-state index contributed by atoms with van der Waals surface area (Å²) in [5.41, 5.74) is 2.31. The highest BCUT2D eigenvalue weighted by Crippen LogP contribution is 2.26. The SMILES string of the molecule is O=C(COC(=O)/C(=C\c1cccs1)c1cccs1)Nc1ccc(N2CCCCC2)cc1. The van der Waals surface area contributed by atoms with Gasteiger partial charge in [-0.15, -0.1) is 22.7 Å². The number of piperidine rings is 1. The number of rotatable bonds is 7. The van der Waals surface area contributed by atoms with Crippen LogP contribution < -0.4 is 10.2 Å². The number of hydrogen-bond acceptors (Lipinski definition) is 6. The predicted octanol–water partition coefficient (Wildman–Crippen LogP) is 5.52. The second-order valence-electron chi connectivity index (χ2n) is 7.27. The Kier molecular flexibility index (Phi) is 7.17. The van der Waals surface area contributed by atoms with Gasteiger partial charge in [0.15, 0.2) is 6.61 Å². The summed E-state index contributed by atoms with van der Waals surface area (Å²) in [6.07, 6.45) is 5.53. The Labute approximate surface area is 190 Å². The minimum atomic E-state index is -0.508. The van der Waals surface area contributed by atoms with Crippen molar-refractivity contribution in [1.29, 1.82) is 0 Å². The Bertz CT molecular complexity index is 1020. The van der Waals surface area contributed by atoms with Gasteiger partial charge in [-0.3, -0.25) is 4.79 Å². The number of carbonyl (C=O) groups excluding carboxylic acids is 2. The van der Waals surface area contributed by atoms with Crippen LogP contribution in [0.5, 0.6) is 0 Å². The molecule has 1 N–H and O–H groups in total. The van der Waals surface area contributed by atoms with Crippen molar-refractivity contribution in [2.24, 2.45) is 0 Å². The van der Waals surface area contributed by atoms with Crippen LogP contribution in [0.4, 0.5) is 11.4 Å². The molecule has 1 aliphatic heterocycles. The average molecular weight is 453 g/mol. The van der Waals surface area contributed by atoms with E-state index in [9.17, 15) is 9.59 Å². The van der Waals surface area contributed by atoms with Gasteiger partial charge in [-0.25, -0.2) is 4.79 Å². The number of amides is 1. The van der Waals surface area contributed by atoms with E-state index in [1.54, 1.807) is 17.4 Å². The van der Waals surface area contributed by atoms with Gasteiger partial charge in [-0.05, 0) is 72.5 Å². The molecule has 0 aliphatic carbocycles. The van der Waals surface area contributed by atoms with E-state index in [0.29, 0.717) is 11.3 Å². The molecular formula is C24H24N2O3S2. The van der Waals surface area contributed by atoms with Crippen LogP contribution in [0.15, 0.2) is 59.3 Å². The van der Waals surface area contributed by atoms with Gasteiger partial charge in [0.25, 0.3) is 5.91 Å². The second kappa shape index (κ2) is 10.4. The normalized spacial score (nSPS) is 14.3. The molecule has 0 atom stereocenters. The number of nitrogens with one attached hydrogen (secondary N) is 1. The first-order valence-corrected chi connectivity index (χ1v) is 12.1. The molecule has 3 aromatic rings. The molecule has 4 rings (SSSR count). The molecule has 0 unspecified atom stereocenters. The molecular weight excluding hydrogens is 428 g/mol. The highest BCUT2D eigenvalue weighted by Gasteiger charge is 2.17. The van der Waals surface area contributed by atoms with E-state index in [-0.39, 0.29) is 12.5 Å². The first-order chi connectivity index (χ1) is 15.2. The molecule has 1 saturated heterocycles. The number of thiophene rings is 2. The van der Waals surface area contributed by atoms with Crippen LogP contribution in [0.25, 0.3) is 11.6 Å². The van der Waals surface area contributed by atoms with Crippen LogP contribution >= 0.6 is 22.7 Å². The number of hydrogen-bond donors (Lipinski definition) is 1. The minimum absolute atomic E-state index is 0.333. The summed E-state index contributed by atoms with van der Waals surface area (Å²) < 4.78 is 5.31. The van der Waals surface area contributed by atoms with E-state index in [1.165, 1.54) is 36.3 Å². The van der Waals surface area contributed by atoms with Gasteiger partial charge in [0, 0.05) is 34.2 Å². The van der Waals surface area contributed by atoms with Crippen molar-refractivity contribution in [3.05, 3.63) is 69.0 Å². The molecule has 1 aromatic carbocycles. The summed E-state index contributed by atoms with van der Waals surface area (Å²) in [7, 11) is 0. The highest BCUT2D eigenvalue weighted by atomic mass is 32.1. The fraction of sp³-hybridized carbons (Fsp3) is 0.250. The zero-order valence-electron chi connectivity index (χ0n) is 17.1. The smallest absolute Gasteiger partial charge is 0.340 e. The maximum atomic E-state index is 12.7. The van der Waals surface area contributed by atoms with Crippen molar-refractivity contribution in [3.63, 3.8) is 0 Å². The number of nitrogens with zero attached hydrogens (tertiary/aromatic N) is 1. The summed E-state index contributed by atoms with van der Waals surface area (Å²) in [4.78, 5) is 29.1. The summed E-state index contributed by atoms with van der Waals surface area (Å²) in [6.45, 7) is 1.82. The van der Waals surface area contributed by atoms with Crippen LogP contribution in [-0.4, -0.2) is 31.6 Å². The minimum Gasteiger partial charge on any atom is -0.452 e. The largest absolute Gasteiger partial charge is 0.452 e. The molecule has 2 aromatic heterocycles. The summed E-state index contributed by atoms with van der Waals surface area (Å²) >= 11 is 3.00. The van der Waals surface area contributed by atoms with Crippen molar-refractivity contribution in [3.8, 4) is 0 Å². The topological polar surface area (TPSA) is 58.6 Å². The lowest BCUT2D eigenvalue weighted by Gasteiger charge is -2.28. The van der Waals surface area contributed by atoms with Crippen molar-refractivity contribution >= 4 is 57.6 Å². The van der Waals surface area contributed by atoms with Crippen LogP contribution in [0.3, 0.4) is 0 Å². The van der Waals surface area contributed by atoms with Crippen molar-refractivity contribution in [2.45, 2.75) is 19.3 Å². The molecule has 5 nitrogen and oxygen atoms in total. The Morgan fingerprint density at radius 2 is 1.71 bits per heavy atom. The first-order valence-electron chi connectivity index (χ1n) is 10.3. The van der Waals surface area contributed by atoms with Gasteiger partial charge in [0.1, 0.15) is 0 Å². The third kappa shape index (κ3) is 5.83. The van der Waals surface area contributed by atoms with E-state index in [1.807, 2.05) is 59.3 Å². The summed E-state index contributed by atoms with van der Waals surface area (Å²) in [5, 5.41) is 6.66. The molecule has 7 heteroatoms. The molecule has 1 aliphatic rings. The van der Waals surface area contributed by atoms with Gasteiger partial charge < -0.3 is 15.0 Å². The quantitative estimate of drug-likeness (QED) is 0.379. The number of ether oxygens (including phenoxy) is 1. The van der Waals surface area contributed by atoms with Gasteiger partial charge in [0.05, 0.1) is 5.57 Å². The molecule has 1 amide bonds. The monoisotopic (exact) mass is 452 g/mol. The van der Waals surface area contributed by atoms with Gasteiger partial charge in [-0.1, -0.05) is 12.1 Å². The third-order valence-corrected chi connectivity index (χ3v) is 6.77. The number of carbonyl (C=O) groups is 2. The van der Waals surface area contributed by atoms with Crippen LogP contribution in [0, 0.1) is 0 Å². The molecule has 31 heavy (non-hydrogen) atoms. The predicted molar refractivity (Wildman–Crippen MR) is 129 cm³/mol. The first kappa shape index (κ1) is 21.3. The lowest BCUT2D eigenvalue weighted by Crippen LogP contribution is -2.29. The van der Waals surface area contributed by atoms with E-state index >= 15 is 0 Å². The number of benzene rings is 1. The molecule has 0 saturated carbocycles. The Balaban J connectivity index is 1.33. The Hall–Kier alpha value is -2.90. The number of esters is 1. The lowest BCUT2D eigenvalue weighted by atomic mass is 10.1. The average Bonchev–Trinajstić information content (AvgIpc) is 3.51. The van der Waals surface area contributed by atoms with E-state index in [0.717, 1.165) is 22.8 Å². The second-order valence-corrected chi connectivity index (χ2v) is 9.20. The standard InChI is InChI=1S/C24H24N2O3S2/c27-23(25-18-8-10-19(11-9-18)26-12-2-1-3-13-26)17-29-24(28)21(22-7-5-15-31-22)16-20-6-4-14-30-20/h4-11,14-16H,1-3,12-13,17H2,(H,25,27)/b21-16-. The zero-order valence-corrected chi connectivity index (χ0v) is 18.7. The van der Waals surface area contributed by atoms with E-state index in [4.69, 9.17) is 4.74 Å². The fourth-order valence-electron chi connectivity index (χ4n) is 3.49. The molecule has 1 fully saturated rings. The van der Waals surface area contributed by atoms with Gasteiger partial charge >= 0.3 is 5.97 Å². The maximum Gasteiger partial charge on any atom is 0.340 e. The van der Waals surface area contributed by atoms with Gasteiger partial charge in [-0.2, -0.15) is 0 Å². The molecule has 3 heterocycles. The van der Waals surface area contributed by atoms with E-state index < -0.39 is 5.97 Å². The third-order valence-electron chi connectivity index (χ3n) is 5.04. The van der Waals surface area contributed by atoms with Crippen molar-refractivity contribution in [2.75, 3.05) is 29.9 Å². The summed E-state index contributed by atoms with van der Waals surface area (Å²) in [5.74, 6) is -0.868. The van der Waals surface area contributed by atoms with Crippen molar-refractivity contribution < 1.29 is 14.3 Å². The van der Waals surface area contributed by atoms with Crippen LogP contribution in [-0.2, 0) is 14.3 Å². The van der Waals surface area contributed by atoms with Crippen LogP contribution in [0.1, 0.15) is 29.0 Å². The highest BCUT2D eigenvalue weighted by molar-refractivity contribution is 7.12. The molecule has 0 bridgehead atoms. The van der Waals surface area contributed by atoms with Crippen molar-refractivity contribution in [1.82, 2.24) is 0 Å². The Morgan fingerprint density at radius 3 is 2.39 bits per heavy atom. The number of anilines is 2. The van der Waals surface area contributed by atoms with Crippen LogP contribution in [0.2, 0.25) is 0 Å². The maximum absolute atomic E-state index is 12.7.